The van der Waals surface area contributed by atoms with Crippen LogP contribution >= 0.6 is 0 Å². The van der Waals surface area contributed by atoms with Gasteiger partial charge in [-0.25, -0.2) is 0 Å². The van der Waals surface area contributed by atoms with Crippen LogP contribution in [0.25, 0.3) is 0 Å². The standard InChI is InChI=1S/C11H22O3S/c1-5-7-10(11(12)14-6-2)15(13)8-9(3)4/h9-10H,5-8H2,1-4H3. The number of ether oxygens (including phenoxy) is 1. The first-order valence-electron chi connectivity index (χ1n) is 5.56. The van der Waals surface area contributed by atoms with Gasteiger partial charge in [0.25, 0.3) is 0 Å². The van der Waals surface area contributed by atoms with Gasteiger partial charge in [-0.15, -0.1) is 0 Å². The lowest BCUT2D eigenvalue weighted by Crippen LogP contribution is -2.30. The van der Waals surface area contributed by atoms with Crippen LogP contribution in [0.3, 0.4) is 0 Å². The first kappa shape index (κ1) is 14.6. The Labute approximate surface area is 95.0 Å². The number of carbonyl (C=O) groups excluding carboxylic acids is 1. The van der Waals surface area contributed by atoms with Crippen LogP contribution in [0.15, 0.2) is 0 Å². The Kier molecular flexibility index (Phi) is 7.65. The Morgan fingerprint density at radius 2 is 1.93 bits per heavy atom. The third-order valence-corrected chi connectivity index (χ3v) is 3.97. The van der Waals surface area contributed by atoms with Gasteiger partial charge < -0.3 is 4.74 Å². The van der Waals surface area contributed by atoms with Crippen LogP contribution in [0.5, 0.6) is 0 Å². The van der Waals surface area contributed by atoms with E-state index in [1.807, 2.05) is 20.8 Å². The average molecular weight is 234 g/mol. The first-order valence-corrected chi connectivity index (χ1v) is 6.94. The normalized spacial score (nSPS) is 15.0. The Bertz CT molecular complexity index is 214. The predicted octanol–water partition coefficient (Wildman–Crippen LogP) is 2.12. The molecule has 0 aromatic rings. The van der Waals surface area contributed by atoms with Gasteiger partial charge in [-0.1, -0.05) is 27.2 Å². The molecule has 2 unspecified atom stereocenters. The number of rotatable bonds is 7. The second-order valence-electron chi connectivity index (χ2n) is 3.97. The number of hydrogen-bond acceptors (Lipinski definition) is 3. The Morgan fingerprint density at radius 3 is 2.33 bits per heavy atom. The molecule has 0 aliphatic carbocycles. The van der Waals surface area contributed by atoms with Crippen LogP contribution in [0.1, 0.15) is 40.5 Å². The number of esters is 1. The molecular formula is C11H22O3S. The molecule has 2 atom stereocenters. The summed E-state index contributed by atoms with van der Waals surface area (Å²) in [5.74, 6) is 0.613. The molecule has 0 spiro atoms. The first-order chi connectivity index (χ1) is 7.02. The van der Waals surface area contributed by atoms with Gasteiger partial charge in [0.1, 0.15) is 5.25 Å². The lowest BCUT2D eigenvalue weighted by atomic mass is 10.2. The van der Waals surface area contributed by atoms with E-state index in [-0.39, 0.29) is 5.97 Å². The van der Waals surface area contributed by atoms with E-state index in [1.54, 1.807) is 6.92 Å². The molecule has 0 heterocycles. The molecule has 0 bridgehead atoms. The van der Waals surface area contributed by atoms with Crippen LogP contribution in [0.4, 0.5) is 0 Å². The average Bonchev–Trinajstić information content (AvgIpc) is 2.13. The Hall–Kier alpha value is -0.380. The van der Waals surface area contributed by atoms with Crippen LogP contribution in [-0.4, -0.2) is 27.8 Å². The maximum atomic E-state index is 11.9. The van der Waals surface area contributed by atoms with Crippen molar-refractivity contribution in [2.24, 2.45) is 5.92 Å². The maximum absolute atomic E-state index is 11.9. The zero-order chi connectivity index (χ0) is 11.8. The van der Waals surface area contributed by atoms with Crippen LogP contribution in [0, 0.1) is 5.92 Å². The molecule has 4 heteroatoms. The van der Waals surface area contributed by atoms with E-state index in [2.05, 4.69) is 0 Å². The zero-order valence-electron chi connectivity index (χ0n) is 10.1. The molecule has 0 N–H and O–H groups in total. The molecule has 0 amide bonds. The van der Waals surface area contributed by atoms with Crippen molar-refractivity contribution in [3.63, 3.8) is 0 Å². The molecule has 0 rings (SSSR count). The summed E-state index contributed by atoms with van der Waals surface area (Å²) < 4.78 is 16.8. The van der Waals surface area contributed by atoms with Gasteiger partial charge in [0.2, 0.25) is 0 Å². The quantitative estimate of drug-likeness (QED) is 0.634. The van der Waals surface area contributed by atoms with Crippen molar-refractivity contribution in [3.05, 3.63) is 0 Å². The fourth-order valence-electron chi connectivity index (χ4n) is 1.30. The number of hydrogen-bond donors (Lipinski definition) is 0. The maximum Gasteiger partial charge on any atom is 0.321 e. The molecule has 0 aromatic carbocycles. The van der Waals surface area contributed by atoms with Crippen molar-refractivity contribution >= 4 is 16.8 Å². The fraction of sp³-hybridized carbons (Fsp3) is 0.909. The molecule has 0 saturated heterocycles. The molecule has 0 radical (unpaired) electrons. The lowest BCUT2D eigenvalue weighted by Gasteiger charge is -2.15. The highest BCUT2D eigenvalue weighted by molar-refractivity contribution is 7.86. The summed E-state index contributed by atoms with van der Waals surface area (Å²) in [5.41, 5.74) is 0. The van der Waals surface area contributed by atoms with E-state index in [9.17, 15) is 9.00 Å². The SMILES string of the molecule is CCCC(C(=O)OCC)S(=O)CC(C)C. The van der Waals surface area contributed by atoms with E-state index in [1.165, 1.54) is 0 Å². The monoisotopic (exact) mass is 234 g/mol. The predicted molar refractivity (Wildman–Crippen MR) is 63.2 cm³/mol. The molecular weight excluding hydrogens is 212 g/mol. The van der Waals surface area contributed by atoms with Crippen molar-refractivity contribution in [2.45, 2.75) is 45.8 Å². The van der Waals surface area contributed by atoms with Gasteiger partial charge in [-0.3, -0.25) is 9.00 Å². The highest BCUT2D eigenvalue weighted by Gasteiger charge is 2.25. The van der Waals surface area contributed by atoms with Crippen molar-refractivity contribution < 1.29 is 13.7 Å². The topological polar surface area (TPSA) is 43.4 Å². The summed E-state index contributed by atoms with van der Waals surface area (Å²) in [6.07, 6.45) is 1.51. The molecule has 0 aliphatic rings. The van der Waals surface area contributed by atoms with Gasteiger partial charge in [0.05, 0.1) is 6.61 Å². The highest BCUT2D eigenvalue weighted by atomic mass is 32.2. The second-order valence-corrected chi connectivity index (χ2v) is 5.63. The Balaban J connectivity index is 4.36. The third-order valence-electron chi connectivity index (χ3n) is 1.92. The van der Waals surface area contributed by atoms with Crippen LogP contribution in [-0.2, 0) is 20.3 Å². The molecule has 0 aromatic heterocycles. The minimum Gasteiger partial charge on any atom is -0.465 e. The number of carbonyl (C=O) groups is 1. The molecule has 3 nitrogen and oxygen atoms in total. The van der Waals surface area contributed by atoms with E-state index in [0.29, 0.717) is 24.7 Å². The van der Waals surface area contributed by atoms with Crippen LogP contribution in [0.2, 0.25) is 0 Å². The minimum absolute atomic E-state index is 0.307. The highest BCUT2D eigenvalue weighted by Crippen LogP contribution is 2.11. The van der Waals surface area contributed by atoms with E-state index in [4.69, 9.17) is 4.74 Å². The van der Waals surface area contributed by atoms with E-state index >= 15 is 0 Å². The van der Waals surface area contributed by atoms with Gasteiger partial charge in [0.15, 0.2) is 0 Å². The van der Waals surface area contributed by atoms with Gasteiger partial charge in [0, 0.05) is 16.6 Å². The summed E-state index contributed by atoms with van der Waals surface area (Å²) in [6, 6.07) is 0. The smallest absolute Gasteiger partial charge is 0.321 e. The summed E-state index contributed by atoms with van der Waals surface area (Å²) >= 11 is 0. The minimum atomic E-state index is -1.09. The zero-order valence-corrected chi connectivity index (χ0v) is 10.9. The molecule has 90 valence electrons. The van der Waals surface area contributed by atoms with Gasteiger partial charge in [-0.2, -0.15) is 0 Å². The van der Waals surface area contributed by atoms with Crippen molar-refractivity contribution in [2.75, 3.05) is 12.4 Å². The van der Waals surface area contributed by atoms with Crippen molar-refractivity contribution in [1.29, 1.82) is 0 Å². The van der Waals surface area contributed by atoms with Gasteiger partial charge in [-0.05, 0) is 19.3 Å². The van der Waals surface area contributed by atoms with E-state index in [0.717, 1.165) is 6.42 Å². The second kappa shape index (κ2) is 7.85. The van der Waals surface area contributed by atoms with Crippen molar-refractivity contribution in [3.8, 4) is 0 Å². The van der Waals surface area contributed by atoms with Crippen molar-refractivity contribution in [1.82, 2.24) is 0 Å². The molecule has 0 fully saturated rings. The van der Waals surface area contributed by atoms with Crippen LogP contribution < -0.4 is 0 Å². The molecule has 0 saturated carbocycles. The summed E-state index contributed by atoms with van der Waals surface area (Å²) in [6.45, 7) is 8.13. The summed E-state index contributed by atoms with van der Waals surface area (Å²) in [5, 5.41) is -0.433. The fourth-order valence-corrected chi connectivity index (χ4v) is 2.97. The Morgan fingerprint density at radius 1 is 1.33 bits per heavy atom. The lowest BCUT2D eigenvalue weighted by molar-refractivity contribution is -0.142. The molecule has 15 heavy (non-hydrogen) atoms. The summed E-state index contributed by atoms with van der Waals surface area (Å²) in [4.78, 5) is 11.5. The summed E-state index contributed by atoms with van der Waals surface area (Å²) in [7, 11) is -1.09. The van der Waals surface area contributed by atoms with E-state index < -0.39 is 16.0 Å². The van der Waals surface area contributed by atoms with Gasteiger partial charge >= 0.3 is 5.97 Å². The molecule has 0 aliphatic heterocycles. The third kappa shape index (κ3) is 5.92. The largest absolute Gasteiger partial charge is 0.465 e.